The third kappa shape index (κ3) is 2.63. The molecule has 0 aromatic heterocycles. The molecule has 0 aliphatic heterocycles. The molecule has 0 unspecified atom stereocenters. The van der Waals surface area contributed by atoms with Gasteiger partial charge in [-0.2, -0.15) is 0 Å². The Bertz CT molecular complexity index is 325. The zero-order chi connectivity index (χ0) is 9.84. The van der Waals surface area contributed by atoms with Crippen LogP contribution in [0.1, 0.15) is 12.5 Å². The summed E-state index contributed by atoms with van der Waals surface area (Å²) in [5.74, 6) is 0. The van der Waals surface area contributed by atoms with Crippen molar-refractivity contribution in [1.29, 1.82) is 0 Å². The van der Waals surface area contributed by atoms with E-state index in [1.54, 1.807) is 6.07 Å². The Morgan fingerprint density at radius 2 is 2.31 bits per heavy atom. The van der Waals surface area contributed by atoms with Crippen molar-refractivity contribution in [3.8, 4) is 0 Å². The standard InChI is InChI=1S/C9H11ClN2O/c1-2-6-3-4-7(10)8(5-6)12-9(11)13/h3-5H,2H2,1H3,(H3,11,12,13). The number of hydrogen-bond acceptors (Lipinski definition) is 1. The first kappa shape index (κ1) is 9.86. The van der Waals surface area contributed by atoms with Crippen LogP contribution >= 0.6 is 11.6 Å². The Kier molecular flexibility index (Phi) is 3.14. The number of amides is 2. The van der Waals surface area contributed by atoms with E-state index in [1.165, 1.54) is 0 Å². The second-order valence-electron chi connectivity index (χ2n) is 2.66. The van der Waals surface area contributed by atoms with Gasteiger partial charge >= 0.3 is 6.03 Å². The molecule has 0 aliphatic rings. The fraction of sp³-hybridized carbons (Fsp3) is 0.222. The molecule has 0 spiro atoms. The van der Waals surface area contributed by atoms with E-state index in [0.717, 1.165) is 12.0 Å². The molecule has 1 aromatic carbocycles. The van der Waals surface area contributed by atoms with Gasteiger partial charge in [-0.1, -0.05) is 24.6 Å². The number of rotatable bonds is 2. The van der Waals surface area contributed by atoms with E-state index in [0.29, 0.717) is 10.7 Å². The molecule has 0 saturated heterocycles. The van der Waals surface area contributed by atoms with Gasteiger partial charge in [-0.15, -0.1) is 0 Å². The summed E-state index contributed by atoms with van der Waals surface area (Å²) in [5.41, 5.74) is 6.64. The second kappa shape index (κ2) is 4.14. The zero-order valence-electron chi connectivity index (χ0n) is 7.30. The summed E-state index contributed by atoms with van der Waals surface area (Å²) < 4.78 is 0. The molecule has 0 aliphatic carbocycles. The van der Waals surface area contributed by atoms with Crippen molar-refractivity contribution >= 4 is 23.3 Å². The van der Waals surface area contributed by atoms with E-state index in [-0.39, 0.29) is 0 Å². The Labute approximate surface area is 81.9 Å². The lowest BCUT2D eigenvalue weighted by atomic mass is 10.1. The molecule has 0 heterocycles. The molecule has 0 fully saturated rings. The molecule has 3 N–H and O–H groups in total. The molecule has 4 heteroatoms. The van der Waals surface area contributed by atoms with E-state index < -0.39 is 6.03 Å². The fourth-order valence-electron chi connectivity index (χ4n) is 1.02. The normalized spacial score (nSPS) is 9.69. The van der Waals surface area contributed by atoms with Crippen molar-refractivity contribution in [2.45, 2.75) is 13.3 Å². The van der Waals surface area contributed by atoms with Crippen LogP contribution in [0.15, 0.2) is 18.2 Å². The first-order valence-corrected chi connectivity index (χ1v) is 4.36. The Morgan fingerprint density at radius 1 is 1.62 bits per heavy atom. The first-order valence-electron chi connectivity index (χ1n) is 3.98. The number of carbonyl (C=O) groups excluding carboxylic acids is 1. The van der Waals surface area contributed by atoms with Crippen molar-refractivity contribution in [2.24, 2.45) is 5.73 Å². The van der Waals surface area contributed by atoms with Crippen LogP contribution in [-0.4, -0.2) is 6.03 Å². The molecule has 2 amide bonds. The maximum Gasteiger partial charge on any atom is 0.316 e. The van der Waals surface area contributed by atoms with Gasteiger partial charge in [0, 0.05) is 0 Å². The topological polar surface area (TPSA) is 55.1 Å². The number of hydrogen-bond donors (Lipinski definition) is 2. The molecule has 3 nitrogen and oxygen atoms in total. The lowest BCUT2D eigenvalue weighted by molar-refractivity contribution is 0.259. The average Bonchev–Trinajstić information content (AvgIpc) is 2.08. The lowest BCUT2D eigenvalue weighted by Crippen LogP contribution is -2.19. The quantitative estimate of drug-likeness (QED) is 0.753. The number of benzene rings is 1. The summed E-state index contributed by atoms with van der Waals surface area (Å²) in [5, 5.41) is 2.95. The minimum Gasteiger partial charge on any atom is -0.351 e. The predicted molar refractivity (Wildman–Crippen MR) is 54.0 cm³/mol. The Morgan fingerprint density at radius 3 is 2.85 bits per heavy atom. The van der Waals surface area contributed by atoms with Crippen molar-refractivity contribution in [3.63, 3.8) is 0 Å². The van der Waals surface area contributed by atoms with Gasteiger partial charge in [0.1, 0.15) is 0 Å². The van der Waals surface area contributed by atoms with E-state index >= 15 is 0 Å². The van der Waals surface area contributed by atoms with Crippen molar-refractivity contribution in [2.75, 3.05) is 5.32 Å². The minimum absolute atomic E-state index is 0.496. The van der Waals surface area contributed by atoms with Gasteiger partial charge in [-0.3, -0.25) is 0 Å². The predicted octanol–water partition coefficient (Wildman–Crippen LogP) is 2.39. The van der Waals surface area contributed by atoms with E-state index in [4.69, 9.17) is 17.3 Å². The highest BCUT2D eigenvalue weighted by atomic mass is 35.5. The highest BCUT2D eigenvalue weighted by molar-refractivity contribution is 6.33. The molecule has 0 bridgehead atoms. The summed E-state index contributed by atoms with van der Waals surface area (Å²) in [4.78, 5) is 10.6. The van der Waals surface area contributed by atoms with Gasteiger partial charge in [-0.25, -0.2) is 4.79 Å². The van der Waals surface area contributed by atoms with Gasteiger partial charge in [0.2, 0.25) is 0 Å². The van der Waals surface area contributed by atoms with Crippen molar-refractivity contribution in [3.05, 3.63) is 28.8 Å². The van der Waals surface area contributed by atoms with Crippen molar-refractivity contribution < 1.29 is 4.79 Å². The summed E-state index contributed by atoms with van der Waals surface area (Å²) in [6.07, 6.45) is 0.893. The number of nitrogens with two attached hydrogens (primary N) is 1. The van der Waals surface area contributed by atoms with Crippen LogP contribution in [0.3, 0.4) is 0 Å². The molecule has 1 rings (SSSR count). The summed E-state index contributed by atoms with van der Waals surface area (Å²) in [7, 11) is 0. The largest absolute Gasteiger partial charge is 0.351 e. The molecule has 0 saturated carbocycles. The maximum absolute atomic E-state index is 10.6. The van der Waals surface area contributed by atoms with Crippen LogP contribution in [0.5, 0.6) is 0 Å². The monoisotopic (exact) mass is 198 g/mol. The third-order valence-corrected chi connectivity index (χ3v) is 2.03. The maximum atomic E-state index is 10.6. The number of nitrogens with one attached hydrogen (secondary N) is 1. The Hall–Kier alpha value is -1.22. The fourth-order valence-corrected chi connectivity index (χ4v) is 1.19. The van der Waals surface area contributed by atoms with Crippen LogP contribution < -0.4 is 11.1 Å². The van der Waals surface area contributed by atoms with Gasteiger partial charge in [0.15, 0.2) is 0 Å². The van der Waals surface area contributed by atoms with E-state index in [2.05, 4.69) is 5.32 Å². The highest BCUT2D eigenvalue weighted by Gasteiger charge is 2.02. The first-order chi connectivity index (χ1) is 6.13. The zero-order valence-corrected chi connectivity index (χ0v) is 8.06. The number of anilines is 1. The van der Waals surface area contributed by atoms with Crippen LogP contribution in [0.2, 0.25) is 5.02 Å². The van der Waals surface area contributed by atoms with Crippen LogP contribution in [0, 0.1) is 0 Å². The summed E-state index contributed by atoms with van der Waals surface area (Å²) >= 11 is 5.83. The summed E-state index contributed by atoms with van der Waals surface area (Å²) in [6, 6.07) is 4.86. The summed E-state index contributed by atoms with van der Waals surface area (Å²) in [6.45, 7) is 2.03. The number of aryl methyl sites for hydroxylation is 1. The van der Waals surface area contributed by atoms with Gasteiger partial charge in [-0.05, 0) is 24.1 Å². The molecule has 0 radical (unpaired) electrons. The minimum atomic E-state index is -0.602. The molecular weight excluding hydrogens is 188 g/mol. The van der Waals surface area contributed by atoms with Gasteiger partial charge in [0.25, 0.3) is 0 Å². The van der Waals surface area contributed by atoms with Gasteiger partial charge in [0.05, 0.1) is 10.7 Å². The SMILES string of the molecule is CCc1ccc(Cl)c(NC(N)=O)c1. The van der Waals surface area contributed by atoms with Crippen LogP contribution in [0.4, 0.5) is 10.5 Å². The number of carbonyl (C=O) groups is 1. The smallest absolute Gasteiger partial charge is 0.316 e. The molecule has 1 aromatic rings. The van der Waals surface area contributed by atoms with Crippen molar-refractivity contribution in [1.82, 2.24) is 0 Å². The highest BCUT2D eigenvalue weighted by Crippen LogP contribution is 2.22. The third-order valence-electron chi connectivity index (χ3n) is 1.70. The van der Waals surface area contributed by atoms with E-state index in [1.807, 2.05) is 19.1 Å². The number of primary amides is 1. The molecular formula is C9H11ClN2O. The Balaban J connectivity index is 2.96. The molecule has 0 atom stereocenters. The van der Waals surface area contributed by atoms with Crippen LogP contribution in [0.25, 0.3) is 0 Å². The molecule has 13 heavy (non-hydrogen) atoms. The number of urea groups is 1. The van der Waals surface area contributed by atoms with Crippen LogP contribution in [-0.2, 0) is 6.42 Å². The lowest BCUT2D eigenvalue weighted by Gasteiger charge is -2.05. The molecule has 70 valence electrons. The second-order valence-corrected chi connectivity index (χ2v) is 3.06. The van der Waals surface area contributed by atoms with Gasteiger partial charge < -0.3 is 11.1 Å². The average molecular weight is 199 g/mol. The van der Waals surface area contributed by atoms with E-state index in [9.17, 15) is 4.79 Å². The number of halogens is 1.